The van der Waals surface area contributed by atoms with Crippen LogP contribution in [-0.4, -0.2) is 46.8 Å². The summed E-state index contributed by atoms with van der Waals surface area (Å²) in [6.45, 7) is 4.15. The predicted octanol–water partition coefficient (Wildman–Crippen LogP) is 0.475. The van der Waals surface area contributed by atoms with Crippen LogP contribution in [0.5, 0.6) is 0 Å². The Balaban J connectivity index is 1.52. The van der Waals surface area contributed by atoms with Gasteiger partial charge in [-0.2, -0.15) is 5.10 Å². The Morgan fingerprint density at radius 2 is 2.30 bits per heavy atom. The highest BCUT2D eigenvalue weighted by atomic mass is 16.5. The fourth-order valence-electron chi connectivity index (χ4n) is 2.73. The van der Waals surface area contributed by atoms with Crippen molar-refractivity contribution >= 4 is 5.91 Å². The van der Waals surface area contributed by atoms with Crippen molar-refractivity contribution < 1.29 is 9.32 Å². The molecule has 4 rings (SSSR count). The van der Waals surface area contributed by atoms with E-state index in [2.05, 4.69) is 24.8 Å². The lowest BCUT2D eigenvalue weighted by Gasteiger charge is -2.27. The van der Waals surface area contributed by atoms with E-state index >= 15 is 0 Å². The monoisotopic (exact) mass is 313 g/mol. The number of amides is 1. The Bertz CT molecular complexity index is 833. The summed E-state index contributed by atoms with van der Waals surface area (Å²) in [6, 6.07) is 1.65. The van der Waals surface area contributed by atoms with E-state index in [0.717, 1.165) is 11.5 Å². The molecule has 23 heavy (non-hydrogen) atoms. The van der Waals surface area contributed by atoms with Crippen molar-refractivity contribution in [1.82, 2.24) is 34.4 Å². The van der Waals surface area contributed by atoms with E-state index in [-0.39, 0.29) is 5.91 Å². The summed E-state index contributed by atoms with van der Waals surface area (Å²) in [7, 11) is 0. The SMILES string of the molecule is Cc1cc(C(=O)N2CCn3c(Cn4cncn4)cnc3C2)no1. The third-order valence-corrected chi connectivity index (χ3v) is 3.87. The number of nitrogens with zero attached hydrogens (tertiary/aromatic N) is 7. The van der Waals surface area contributed by atoms with Crippen LogP contribution in [0.1, 0.15) is 27.8 Å². The van der Waals surface area contributed by atoms with Gasteiger partial charge >= 0.3 is 0 Å². The molecule has 4 heterocycles. The van der Waals surface area contributed by atoms with Crippen molar-refractivity contribution in [2.75, 3.05) is 6.54 Å². The molecule has 0 saturated carbocycles. The topological polar surface area (TPSA) is 94.9 Å². The van der Waals surface area contributed by atoms with Crippen LogP contribution < -0.4 is 0 Å². The van der Waals surface area contributed by atoms with E-state index in [0.29, 0.717) is 37.6 Å². The normalized spacial score (nSPS) is 14.0. The van der Waals surface area contributed by atoms with Crippen LogP contribution in [0.2, 0.25) is 0 Å². The van der Waals surface area contributed by atoms with Gasteiger partial charge in [0.1, 0.15) is 24.2 Å². The number of fused-ring (bicyclic) bond motifs is 1. The standard InChI is InChI=1S/C14H15N7O2/c1-10-4-12(18-23-10)14(22)19-2-3-21-11(5-16-13(21)7-19)6-20-9-15-8-17-20/h4-5,8-9H,2-3,6-7H2,1H3. The molecule has 0 fully saturated rings. The molecule has 0 unspecified atom stereocenters. The van der Waals surface area contributed by atoms with Gasteiger partial charge in [0.2, 0.25) is 0 Å². The van der Waals surface area contributed by atoms with Gasteiger partial charge in [-0.05, 0) is 6.92 Å². The van der Waals surface area contributed by atoms with Crippen molar-refractivity contribution in [2.45, 2.75) is 26.6 Å². The highest BCUT2D eigenvalue weighted by molar-refractivity contribution is 5.92. The molecule has 0 spiro atoms. The maximum absolute atomic E-state index is 12.4. The molecule has 3 aromatic heterocycles. The fraction of sp³-hybridized carbons (Fsp3) is 0.357. The first-order valence-corrected chi connectivity index (χ1v) is 7.29. The van der Waals surface area contributed by atoms with Crippen molar-refractivity contribution in [1.29, 1.82) is 0 Å². The molecule has 0 N–H and O–H groups in total. The van der Waals surface area contributed by atoms with Gasteiger partial charge in [-0.1, -0.05) is 5.16 Å². The average Bonchev–Trinajstić information content (AvgIpc) is 3.28. The summed E-state index contributed by atoms with van der Waals surface area (Å²) < 4.78 is 8.85. The van der Waals surface area contributed by atoms with Crippen LogP contribution >= 0.6 is 0 Å². The average molecular weight is 313 g/mol. The molecule has 0 aromatic carbocycles. The largest absolute Gasteiger partial charge is 0.361 e. The van der Waals surface area contributed by atoms with Crippen molar-refractivity contribution in [3.63, 3.8) is 0 Å². The Labute approximate surface area is 131 Å². The molecule has 0 bridgehead atoms. The number of imidazole rings is 1. The van der Waals surface area contributed by atoms with Crippen molar-refractivity contribution in [2.24, 2.45) is 0 Å². The Morgan fingerprint density at radius 3 is 3.04 bits per heavy atom. The Kier molecular flexibility index (Phi) is 3.18. The number of rotatable bonds is 3. The second-order valence-electron chi connectivity index (χ2n) is 5.46. The molecule has 1 aliphatic rings. The van der Waals surface area contributed by atoms with E-state index in [9.17, 15) is 4.79 Å². The number of aromatic nitrogens is 6. The molecule has 1 aliphatic heterocycles. The summed E-state index contributed by atoms with van der Waals surface area (Å²) in [5.41, 5.74) is 1.39. The van der Waals surface area contributed by atoms with Gasteiger partial charge in [0.05, 0.1) is 25.0 Å². The van der Waals surface area contributed by atoms with Gasteiger partial charge < -0.3 is 14.0 Å². The minimum Gasteiger partial charge on any atom is -0.361 e. The fourth-order valence-corrected chi connectivity index (χ4v) is 2.73. The summed E-state index contributed by atoms with van der Waals surface area (Å²) in [5.74, 6) is 1.36. The van der Waals surface area contributed by atoms with Crippen LogP contribution in [0.15, 0.2) is 29.4 Å². The number of carbonyl (C=O) groups excluding carboxylic acids is 1. The molecule has 9 heteroatoms. The Hall–Kier alpha value is -2.97. The van der Waals surface area contributed by atoms with E-state index in [1.165, 1.54) is 6.33 Å². The summed E-state index contributed by atoms with van der Waals surface area (Å²) in [6.07, 6.45) is 5.00. The molecular formula is C14H15N7O2. The zero-order valence-corrected chi connectivity index (χ0v) is 12.6. The van der Waals surface area contributed by atoms with Gasteiger partial charge in [0.15, 0.2) is 5.69 Å². The zero-order valence-electron chi connectivity index (χ0n) is 12.6. The van der Waals surface area contributed by atoms with E-state index in [1.807, 2.05) is 6.20 Å². The molecule has 0 aliphatic carbocycles. The molecule has 0 saturated heterocycles. The van der Waals surface area contributed by atoms with Crippen LogP contribution in [0.4, 0.5) is 0 Å². The summed E-state index contributed by atoms with van der Waals surface area (Å²) >= 11 is 0. The smallest absolute Gasteiger partial charge is 0.276 e. The minimum absolute atomic E-state index is 0.131. The maximum Gasteiger partial charge on any atom is 0.276 e. The quantitative estimate of drug-likeness (QED) is 0.698. The van der Waals surface area contributed by atoms with Gasteiger partial charge in [-0.15, -0.1) is 0 Å². The van der Waals surface area contributed by atoms with Crippen molar-refractivity contribution in [3.8, 4) is 0 Å². The van der Waals surface area contributed by atoms with Crippen LogP contribution in [-0.2, 0) is 19.6 Å². The van der Waals surface area contributed by atoms with Gasteiger partial charge in [-0.25, -0.2) is 14.6 Å². The molecule has 0 atom stereocenters. The lowest BCUT2D eigenvalue weighted by molar-refractivity contribution is 0.0695. The highest BCUT2D eigenvalue weighted by Crippen LogP contribution is 2.17. The molecule has 118 valence electrons. The van der Waals surface area contributed by atoms with Crippen LogP contribution in [0.25, 0.3) is 0 Å². The first-order chi connectivity index (χ1) is 11.2. The van der Waals surface area contributed by atoms with Gasteiger partial charge in [0, 0.05) is 19.2 Å². The minimum atomic E-state index is -0.131. The van der Waals surface area contributed by atoms with Gasteiger partial charge in [0.25, 0.3) is 5.91 Å². The van der Waals surface area contributed by atoms with E-state index in [4.69, 9.17) is 4.52 Å². The predicted molar refractivity (Wildman–Crippen MR) is 77.3 cm³/mol. The lowest BCUT2D eigenvalue weighted by atomic mass is 10.3. The third kappa shape index (κ3) is 2.50. The molecule has 9 nitrogen and oxygen atoms in total. The van der Waals surface area contributed by atoms with E-state index in [1.54, 1.807) is 28.9 Å². The van der Waals surface area contributed by atoms with E-state index < -0.39 is 0 Å². The molecule has 3 aromatic rings. The van der Waals surface area contributed by atoms with Crippen LogP contribution in [0, 0.1) is 6.92 Å². The first-order valence-electron chi connectivity index (χ1n) is 7.29. The maximum atomic E-state index is 12.4. The highest BCUT2D eigenvalue weighted by Gasteiger charge is 2.26. The van der Waals surface area contributed by atoms with Crippen LogP contribution in [0.3, 0.4) is 0 Å². The molecule has 1 amide bonds. The Morgan fingerprint density at radius 1 is 1.39 bits per heavy atom. The van der Waals surface area contributed by atoms with Gasteiger partial charge in [-0.3, -0.25) is 4.79 Å². The number of carbonyl (C=O) groups is 1. The second kappa shape index (κ2) is 5.34. The zero-order chi connectivity index (χ0) is 15.8. The number of aryl methyl sites for hydroxylation is 1. The summed E-state index contributed by atoms with van der Waals surface area (Å²) in [5, 5.41) is 7.90. The first kappa shape index (κ1) is 13.7. The summed E-state index contributed by atoms with van der Waals surface area (Å²) in [4.78, 5) is 22.5. The lowest BCUT2D eigenvalue weighted by Crippen LogP contribution is -2.39. The number of hydrogen-bond donors (Lipinski definition) is 0. The third-order valence-electron chi connectivity index (χ3n) is 3.87. The second-order valence-corrected chi connectivity index (χ2v) is 5.46. The van der Waals surface area contributed by atoms with Crippen molar-refractivity contribution in [3.05, 3.63) is 47.9 Å². The number of hydrogen-bond acceptors (Lipinski definition) is 6. The molecule has 0 radical (unpaired) electrons. The molecular weight excluding hydrogens is 298 g/mol.